The smallest absolute Gasteiger partial charge is 0.270 e. The van der Waals surface area contributed by atoms with Crippen molar-refractivity contribution < 1.29 is 18.7 Å². The van der Waals surface area contributed by atoms with Crippen LogP contribution >= 0.6 is 0 Å². The zero-order chi connectivity index (χ0) is 23.5. The first kappa shape index (κ1) is 22.9. The number of amides is 1. The Morgan fingerprint density at radius 1 is 1.36 bits per heavy atom. The largest absolute Gasteiger partial charge is 0.494 e. The second-order valence-electron chi connectivity index (χ2n) is 8.51. The minimum atomic E-state index is -0.464. The quantitative estimate of drug-likeness (QED) is 0.239. The Morgan fingerprint density at radius 2 is 2.18 bits per heavy atom. The van der Waals surface area contributed by atoms with Gasteiger partial charge in [0.2, 0.25) is 0 Å². The summed E-state index contributed by atoms with van der Waals surface area (Å²) in [6, 6.07) is 7.72. The second kappa shape index (κ2) is 9.72. The Balaban J connectivity index is 1.40. The van der Waals surface area contributed by atoms with E-state index in [2.05, 4.69) is 15.4 Å². The van der Waals surface area contributed by atoms with Crippen LogP contribution < -0.4 is 21.6 Å². The maximum Gasteiger partial charge on any atom is 0.270 e. The molecule has 3 atom stereocenters. The standard InChI is InChI=1S/C23H29FN6O3/c1-13-7-15(22(25)29-30(26)12-16-9-17-4-6-20(16)33-17)10-19(28-13)23(31)27-11-14-3-5-18(24)21(8-14)32-2/h3,5,7-8,10,16-17,20H,4,6,9,11-12,26H2,1-2H3,(H2,25,29)(H,27,31). The second-order valence-corrected chi connectivity index (χ2v) is 8.51. The van der Waals surface area contributed by atoms with Crippen molar-refractivity contribution in [1.82, 2.24) is 15.4 Å². The van der Waals surface area contributed by atoms with Crippen molar-refractivity contribution in [2.75, 3.05) is 13.7 Å². The summed E-state index contributed by atoms with van der Waals surface area (Å²) in [7, 11) is 1.39. The van der Waals surface area contributed by atoms with Crippen molar-refractivity contribution >= 4 is 11.7 Å². The number of nitrogens with two attached hydrogens (primary N) is 2. The third-order valence-corrected chi connectivity index (χ3v) is 6.04. The number of hydrogen-bond donors (Lipinski definition) is 3. The van der Waals surface area contributed by atoms with E-state index in [1.54, 1.807) is 25.1 Å². The molecule has 4 rings (SSSR count). The lowest BCUT2D eigenvalue weighted by molar-refractivity contribution is 0.0842. The van der Waals surface area contributed by atoms with Crippen LogP contribution in [0.1, 0.15) is 46.6 Å². The molecule has 0 saturated carbocycles. The molecular weight excluding hydrogens is 427 g/mol. The summed E-state index contributed by atoms with van der Waals surface area (Å²) >= 11 is 0. The number of hydrazine groups is 1. The highest BCUT2D eigenvalue weighted by Crippen LogP contribution is 2.38. The van der Waals surface area contributed by atoms with Crippen LogP contribution in [0.25, 0.3) is 0 Å². The van der Waals surface area contributed by atoms with Gasteiger partial charge in [0.1, 0.15) is 5.69 Å². The van der Waals surface area contributed by atoms with Crippen molar-refractivity contribution in [1.29, 1.82) is 0 Å². The van der Waals surface area contributed by atoms with Gasteiger partial charge in [-0.05, 0) is 56.0 Å². The molecule has 2 saturated heterocycles. The van der Waals surface area contributed by atoms with Crippen molar-refractivity contribution in [2.24, 2.45) is 22.6 Å². The number of aryl methyl sites for hydroxylation is 1. The zero-order valence-electron chi connectivity index (χ0n) is 18.8. The Hall–Kier alpha value is -3.24. The van der Waals surface area contributed by atoms with Crippen LogP contribution in [-0.2, 0) is 11.3 Å². The molecule has 2 fully saturated rings. The minimum absolute atomic E-state index is 0.116. The van der Waals surface area contributed by atoms with Crippen LogP contribution in [0.4, 0.5) is 4.39 Å². The molecule has 1 aromatic heterocycles. The number of nitrogens with zero attached hydrogens (tertiary/aromatic N) is 3. The van der Waals surface area contributed by atoms with Crippen LogP contribution in [0.5, 0.6) is 5.75 Å². The van der Waals surface area contributed by atoms with E-state index in [0.717, 1.165) is 19.3 Å². The maximum atomic E-state index is 13.6. The van der Waals surface area contributed by atoms with E-state index >= 15 is 0 Å². The van der Waals surface area contributed by atoms with E-state index in [4.69, 9.17) is 21.1 Å². The first-order valence-corrected chi connectivity index (χ1v) is 10.9. The first-order chi connectivity index (χ1) is 15.8. The number of hydrazone groups is 1. The molecule has 1 amide bonds. The summed E-state index contributed by atoms with van der Waals surface area (Å²) in [5.74, 6) is 5.89. The molecule has 0 radical (unpaired) electrons. The molecule has 2 aromatic rings. The Morgan fingerprint density at radius 3 is 2.88 bits per heavy atom. The van der Waals surface area contributed by atoms with Gasteiger partial charge in [0.15, 0.2) is 17.4 Å². The van der Waals surface area contributed by atoms with Crippen LogP contribution in [-0.4, -0.2) is 47.7 Å². The van der Waals surface area contributed by atoms with Gasteiger partial charge in [-0.3, -0.25) is 4.79 Å². The highest BCUT2D eigenvalue weighted by atomic mass is 19.1. The number of nitrogens with one attached hydrogen (secondary N) is 1. The molecule has 0 spiro atoms. The van der Waals surface area contributed by atoms with Gasteiger partial charge >= 0.3 is 0 Å². The van der Waals surface area contributed by atoms with Crippen molar-refractivity contribution in [2.45, 2.75) is 44.9 Å². The lowest BCUT2D eigenvalue weighted by Gasteiger charge is -2.23. The molecule has 3 unspecified atom stereocenters. The summed E-state index contributed by atoms with van der Waals surface area (Å²) in [6.07, 6.45) is 3.76. The summed E-state index contributed by atoms with van der Waals surface area (Å²) in [5, 5.41) is 8.42. The summed E-state index contributed by atoms with van der Waals surface area (Å²) < 4.78 is 24.4. The number of fused-ring (bicyclic) bond motifs is 2. The predicted octanol–water partition coefficient (Wildman–Crippen LogP) is 1.83. The molecule has 2 aliphatic rings. The van der Waals surface area contributed by atoms with Crippen LogP contribution in [0.15, 0.2) is 35.4 Å². The first-order valence-electron chi connectivity index (χ1n) is 10.9. The number of amidine groups is 1. The Bertz CT molecular complexity index is 1060. The van der Waals surface area contributed by atoms with Gasteiger partial charge in [-0.2, -0.15) is 0 Å². The number of ether oxygens (including phenoxy) is 2. The van der Waals surface area contributed by atoms with Gasteiger partial charge in [-0.15, -0.1) is 5.10 Å². The normalized spacial score (nSPS) is 21.8. The molecule has 1 aromatic carbocycles. The van der Waals surface area contributed by atoms with Crippen LogP contribution in [0, 0.1) is 18.7 Å². The lowest BCUT2D eigenvalue weighted by atomic mass is 9.89. The fraction of sp³-hybridized carbons (Fsp3) is 0.435. The number of methoxy groups -OCH3 is 1. The minimum Gasteiger partial charge on any atom is -0.494 e. The molecule has 9 nitrogen and oxygen atoms in total. The van der Waals surface area contributed by atoms with Gasteiger partial charge in [-0.25, -0.2) is 20.3 Å². The number of benzene rings is 1. The molecule has 0 aliphatic carbocycles. The average molecular weight is 457 g/mol. The molecule has 2 bridgehead atoms. The number of hydrogen-bond acceptors (Lipinski definition) is 7. The highest BCUT2D eigenvalue weighted by Gasteiger charge is 2.41. The third kappa shape index (κ3) is 5.40. The third-order valence-electron chi connectivity index (χ3n) is 6.04. The molecular formula is C23H29FN6O3. The van der Waals surface area contributed by atoms with Crippen LogP contribution in [0.3, 0.4) is 0 Å². The topological polar surface area (TPSA) is 128 Å². The fourth-order valence-corrected chi connectivity index (χ4v) is 4.43. The number of pyridine rings is 1. The highest BCUT2D eigenvalue weighted by molar-refractivity contribution is 6.00. The summed E-state index contributed by atoms with van der Waals surface area (Å²) in [5.41, 5.74) is 8.24. The molecule has 5 N–H and O–H groups in total. The van der Waals surface area contributed by atoms with E-state index in [0.29, 0.717) is 35.4 Å². The molecule has 2 aliphatic heterocycles. The zero-order valence-corrected chi connectivity index (χ0v) is 18.8. The van der Waals surface area contributed by atoms with E-state index in [1.807, 2.05) is 0 Å². The van der Waals surface area contributed by atoms with Crippen LogP contribution in [0.2, 0.25) is 0 Å². The molecule has 10 heteroatoms. The number of rotatable bonds is 8. The lowest BCUT2D eigenvalue weighted by Crippen LogP contribution is -2.37. The Labute approximate surface area is 191 Å². The number of aromatic nitrogens is 1. The van der Waals surface area contributed by atoms with E-state index in [-0.39, 0.29) is 35.8 Å². The Kier molecular flexibility index (Phi) is 6.75. The number of carbonyl (C=O) groups excluding carboxylic acids is 1. The number of halogens is 1. The fourth-order valence-electron chi connectivity index (χ4n) is 4.43. The monoisotopic (exact) mass is 456 g/mol. The van der Waals surface area contributed by atoms with Gasteiger partial charge < -0.3 is 20.5 Å². The molecule has 176 valence electrons. The van der Waals surface area contributed by atoms with E-state index < -0.39 is 5.82 Å². The van der Waals surface area contributed by atoms with Crippen molar-refractivity contribution in [3.63, 3.8) is 0 Å². The number of carbonyl (C=O) groups is 1. The van der Waals surface area contributed by atoms with E-state index in [9.17, 15) is 9.18 Å². The van der Waals surface area contributed by atoms with Gasteiger partial charge in [-0.1, -0.05) is 6.07 Å². The predicted molar refractivity (Wildman–Crippen MR) is 121 cm³/mol. The molecule has 33 heavy (non-hydrogen) atoms. The van der Waals surface area contributed by atoms with Gasteiger partial charge in [0.25, 0.3) is 5.91 Å². The SMILES string of the molecule is COc1cc(CNC(=O)c2cc(/C(N)=N/N(N)CC3CC4CCC3O4)cc(C)n2)ccc1F. The molecule has 3 heterocycles. The van der Waals surface area contributed by atoms with Gasteiger partial charge in [0, 0.05) is 23.7 Å². The maximum absolute atomic E-state index is 13.6. The average Bonchev–Trinajstić information content (AvgIpc) is 3.41. The van der Waals surface area contributed by atoms with E-state index in [1.165, 1.54) is 24.4 Å². The van der Waals surface area contributed by atoms with Gasteiger partial charge in [0.05, 0.1) is 25.9 Å². The van der Waals surface area contributed by atoms with Crippen molar-refractivity contribution in [3.8, 4) is 5.75 Å². The summed E-state index contributed by atoms with van der Waals surface area (Å²) in [6.45, 7) is 2.51. The van der Waals surface area contributed by atoms with Crippen molar-refractivity contribution in [3.05, 3.63) is 58.7 Å². The summed E-state index contributed by atoms with van der Waals surface area (Å²) in [4.78, 5) is 17.0.